The number of rotatable bonds is 3. The Morgan fingerprint density at radius 3 is 2.57 bits per heavy atom. The van der Waals surface area contributed by atoms with E-state index in [9.17, 15) is 4.79 Å². The first kappa shape index (κ1) is 12.0. The van der Waals surface area contributed by atoms with E-state index in [2.05, 4.69) is 31.9 Å². The lowest BCUT2D eigenvalue weighted by atomic mass is 10.1. The molecule has 0 radical (unpaired) electrons. The van der Waals surface area contributed by atoms with Gasteiger partial charge < -0.3 is 5.11 Å². The average Bonchev–Trinajstić information content (AvgIpc) is 2.15. The van der Waals surface area contributed by atoms with Crippen molar-refractivity contribution in [2.45, 2.75) is 9.65 Å². The smallest absolute Gasteiger partial charge is 0.318 e. The van der Waals surface area contributed by atoms with Gasteiger partial charge >= 0.3 is 5.97 Å². The SMILES string of the molecule is O=C(O)[C@H](Br)[C@H](Br)c1cccc(Cl)c1. The lowest BCUT2D eigenvalue weighted by Gasteiger charge is -2.13. The van der Waals surface area contributed by atoms with Crippen molar-refractivity contribution in [2.24, 2.45) is 0 Å². The Kier molecular flexibility index (Phi) is 4.41. The molecule has 0 spiro atoms. The molecule has 0 saturated carbocycles. The van der Waals surface area contributed by atoms with E-state index in [1.165, 1.54) is 0 Å². The summed E-state index contributed by atoms with van der Waals surface area (Å²) in [7, 11) is 0. The summed E-state index contributed by atoms with van der Waals surface area (Å²) in [6.07, 6.45) is 0. The lowest BCUT2D eigenvalue weighted by Crippen LogP contribution is -2.17. The van der Waals surface area contributed by atoms with Crippen molar-refractivity contribution in [2.75, 3.05) is 0 Å². The minimum atomic E-state index is -0.910. The Morgan fingerprint density at radius 1 is 1.43 bits per heavy atom. The van der Waals surface area contributed by atoms with Gasteiger partial charge in [-0.25, -0.2) is 0 Å². The molecule has 2 atom stereocenters. The number of hydrogen-bond donors (Lipinski definition) is 1. The molecule has 1 N–H and O–H groups in total. The third-order valence-corrected chi connectivity index (χ3v) is 4.58. The lowest BCUT2D eigenvalue weighted by molar-refractivity contribution is -0.136. The van der Waals surface area contributed by atoms with Gasteiger partial charge in [-0.15, -0.1) is 0 Å². The summed E-state index contributed by atoms with van der Waals surface area (Å²) in [6, 6.07) is 7.09. The van der Waals surface area contributed by atoms with Gasteiger partial charge in [-0.3, -0.25) is 4.79 Å². The van der Waals surface area contributed by atoms with Crippen molar-refractivity contribution in [3.8, 4) is 0 Å². The van der Waals surface area contributed by atoms with Gasteiger partial charge in [0.15, 0.2) is 0 Å². The van der Waals surface area contributed by atoms with Crippen molar-refractivity contribution in [3.05, 3.63) is 34.9 Å². The molecule has 0 saturated heterocycles. The van der Waals surface area contributed by atoms with Gasteiger partial charge in [0.2, 0.25) is 0 Å². The summed E-state index contributed by atoms with van der Waals surface area (Å²) in [5.41, 5.74) is 0.835. The Balaban J connectivity index is 2.89. The zero-order chi connectivity index (χ0) is 10.7. The second-order valence-corrected chi connectivity index (χ2v) is 5.11. The summed E-state index contributed by atoms with van der Waals surface area (Å²) >= 11 is 12.2. The molecule has 0 fully saturated rings. The Labute approximate surface area is 104 Å². The van der Waals surface area contributed by atoms with Crippen LogP contribution in [0.15, 0.2) is 24.3 Å². The third-order valence-electron chi connectivity index (χ3n) is 1.66. The number of carboxylic acids is 1. The van der Waals surface area contributed by atoms with Gasteiger partial charge in [0.1, 0.15) is 4.83 Å². The number of carbonyl (C=O) groups is 1. The molecule has 1 aromatic rings. The van der Waals surface area contributed by atoms with Crippen LogP contribution in [0.4, 0.5) is 0 Å². The van der Waals surface area contributed by atoms with E-state index in [0.29, 0.717) is 5.02 Å². The van der Waals surface area contributed by atoms with Crippen LogP contribution in [0.3, 0.4) is 0 Å². The highest BCUT2D eigenvalue weighted by atomic mass is 79.9. The molecule has 0 heterocycles. The standard InChI is InChI=1S/C9H7Br2ClO2/c10-7(8(11)9(13)14)5-2-1-3-6(12)4-5/h1-4,7-8H,(H,13,14)/t7-,8-/m1/s1. The summed E-state index contributed by atoms with van der Waals surface area (Å²) in [5.74, 6) is -0.910. The number of benzene rings is 1. The van der Waals surface area contributed by atoms with Gasteiger partial charge in [0, 0.05) is 5.02 Å². The maximum atomic E-state index is 10.7. The first-order chi connectivity index (χ1) is 6.52. The van der Waals surface area contributed by atoms with Crippen LogP contribution in [0.5, 0.6) is 0 Å². The number of hydrogen-bond acceptors (Lipinski definition) is 1. The highest BCUT2D eigenvalue weighted by Gasteiger charge is 2.24. The Morgan fingerprint density at radius 2 is 2.07 bits per heavy atom. The summed E-state index contributed by atoms with van der Waals surface area (Å²) in [5, 5.41) is 9.37. The molecular formula is C9H7Br2ClO2. The van der Waals surface area contributed by atoms with Crippen LogP contribution in [0.1, 0.15) is 10.4 Å². The molecule has 0 amide bonds. The van der Waals surface area contributed by atoms with E-state index in [-0.39, 0.29) is 4.83 Å². The monoisotopic (exact) mass is 340 g/mol. The minimum absolute atomic E-state index is 0.293. The summed E-state index contributed by atoms with van der Waals surface area (Å²) in [6.45, 7) is 0. The second kappa shape index (κ2) is 5.14. The van der Waals surface area contributed by atoms with Crippen LogP contribution < -0.4 is 0 Å². The fourth-order valence-corrected chi connectivity index (χ4v) is 1.99. The highest BCUT2D eigenvalue weighted by Crippen LogP contribution is 2.32. The molecule has 0 aliphatic carbocycles. The molecule has 0 aromatic heterocycles. The maximum absolute atomic E-state index is 10.7. The predicted octanol–water partition coefficient (Wildman–Crippen LogP) is 3.62. The van der Waals surface area contributed by atoms with Crippen molar-refractivity contribution in [3.63, 3.8) is 0 Å². The normalized spacial score (nSPS) is 14.8. The molecule has 5 heteroatoms. The zero-order valence-corrected chi connectivity index (χ0v) is 10.9. The van der Waals surface area contributed by atoms with E-state index >= 15 is 0 Å². The van der Waals surface area contributed by atoms with E-state index in [4.69, 9.17) is 16.7 Å². The van der Waals surface area contributed by atoms with Gasteiger partial charge in [-0.2, -0.15) is 0 Å². The van der Waals surface area contributed by atoms with Gasteiger partial charge in [0.05, 0.1) is 4.83 Å². The molecule has 1 rings (SSSR count). The van der Waals surface area contributed by atoms with Crippen LogP contribution in [-0.2, 0) is 4.79 Å². The van der Waals surface area contributed by atoms with Crippen molar-refractivity contribution >= 4 is 49.4 Å². The maximum Gasteiger partial charge on any atom is 0.318 e. The number of aliphatic carboxylic acids is 1. The topological polar surface area (TPSA) is 37.3 Å². The van der Waals surface area contributed by atoms with Crippen molar-refractivity contribution in [1.29, 1.82) is 0 Å². The Hall–Kier alpha value is -0.0600. The van der Waals surface area contributed by atoms with Gasteiger partial charge in [-0.05, 0) is 17.7 Å². The molecule has 14 heavy (non-hydrogen) atoms. The number of carboxylic acid groups (broad SMARTS) is 1. The molecular weight excluding hydrogens is 335 g/mol. The largest absolute Gasteiger partial charge is 0.480 e. The summed E-state index contributed by atoms with van der Waals surface area (Å²) < 4.78 is 0. The van der Waals surface area contributed by atoms with E-state index in [1.54, 1.807) is 18.2 Å². The molecule has 0 bridgehead atoms. The van der Waals surface area contributed by atoms with Crippen molar-refractivity contribution < 1.29 is 9.90 Å². The average molecular weight is 342 g/mol. The predicted molar refractivity (Wildman–Crippen MR) is 63.5 cm³/mol. The molecule has 0 unspecified atom stereocenters. The Bertz CT molecular complexity index is 343. The quantitative estimate of drug-likeness (QED) is 0.852. The van der Waals surface area contributed by atoms with Crippen LogP contribution in [0.2, 0.25) is 5.02 Å². The third kappa shape index (κ3) is 2.97. The van der Waals surface area contributed by atoms with Crippen LogP contribution in [0.25, 0.3) is 0 Å². The van der Waals surface area contributed by atoms with Crippen molar-refractivity contribution in [1.82, 2.24) is 0 Å². The highest BCUT2D eigenvalue weighted by molar-refractivity contribution is 9.12. The minimum Gasteiger partial charge on any atom is -0.480 e. The fourth-order valence-electron chi connectivity index (χ4n) is 0.972. The van der Waals surface area contributed by atoms with E-state index in [1.807, 2.05) is 6.07 Å². The molecule has 2 nitrogen and oxygen atoms in total. The van der Waals surface area contributed by atoms with Gasteiger partial charge in [0.25, 0.3) is 0 Å². The molecule has 0 aliphatic heterocycles. The molecule has 76 valence electrons. The summed E-state index contributed by atoms with van der Waals surface area (Å²) in [4.78, 5) is 9.73. The second-order valence-electron chi connectivity index (χ2n) is 2.70. The number of alkyl halides is 2. The van der Waals surface area contributed by atoms with Gasteiger partial charge in [-0.1, -0.05) is 55.6 Å². The van der Waals surface area contributed by atoms with E-state index in [0.717, 1.165) is 5.56 Å². The van der Waals surface area contributed by atoms with E-state index < -0.39 is 10.8 Å². The van der Waals surface area contributed by atoms with Crippen LogP contribution in [0, 0.1) is 0 Å². The first-order valence-electron chi connectivity index (χ1n) is 3.79. The zero-order valence-electron chi connectivity index (χ0n) is 6.95. The molecule has 0 aliphatic rings. The fraction of sp³-hybridized carbons (Fsp3) is 0.222. The molecule has 1 aromatic carbocycles. The van der Waals surface area contributed by atoms with Crippen LogP contribution >= 0.6 is 43.5 Å². The first-order valence-corrected chi connectivity index (χ1v) is 5.99. The number of halogens is 3. The van der Waals surface area contributed by atoms with Crippen LogP contribution in [-0.4, -0.2) is 15.9 Å².